The Hall–Kier alpha value is -2.98. The van der Waals surface area contributed by atoms with Gasteiger partial charge in [-0.05, 0) is 36.6 Å². The second-order valence-corrected chi connectivity index (χ2v) is 11.9. The number of nitrogens with zero attached hydrogens (tertiary/aromatic N) is 3. The lowest BCUT2D eigenvalue weighted by atomic mass is 9.99. The molecule has 1 aliphatic heterocycles. The molecule has 0 spiro atoms. The average Bonchev–Trinajstić information content (AvgIpc) is 3.02. The summed E-state index contributed by atoms with van der Waals surface area (Å²) in [5.74, 6) is -2.70. The number of amides is 1. The van der Waals surface area contributed by atoms with E-state index in [1.807, 2.05) is 0 Å². The van der Waals surface area contributed by atoms with Crippen molar-refractivity contribution >= 4 is 23.2 Å². The summed E-state index contributed by atoms with van der Waals surface area (Å²) >= 11 is -2.82. The van der Waals surface area contributed by atoms with Gasteiger partial charge in [0.2, 0.25) is 6.29 Å². The number of aliphatic hydroxyl groups is 3. The fraction of sp³-hybridized carbons (Fsp3) is 0.733. The third-order valence-corrected chi connectivity index (χ3v) is 8.03. The summed E-state index contributed by atoms with van der Waals surface area (Å²) < 4.78 is 35.9. The monoisotopic (exact) mass is 672 g/mol. The van der Waals surface area contributed by atoms with Crippen LogP contribution < -0.4 is 14.2 Å². The summed E-state index contributed by atoms with van der Waals surface area (Å²) in [6, 6.07) is 3.69. The number of aliphatic hydroxyl groups excluding tert-OH is 3. The zero-order valence-electron chi connectivity index (χ0n) is 26.1. The van der Waals surface area contributed by atoms with Crippen molar-refractivity contribution in [1.82, 2.24) is 5.32 Å². The number of azide groups is 1. The Morgan fingerprint density at radius 1 is 0.848 bits per heavy atom. The second-order valence-electron chi connectivity index (χ2n) is 11.3. The van der Waals surface area contributed by atoms with Crippen LogP contribution in [0.15, 0.2) is 23.3 Å². The second kappa shape index (κ2) is 22.5. The number of unbranched alkanes of at least 4 members (excludes halogenated alkanes) is 14. The van der Waals surface area contributed by atoms with Crippen molar-refractivity contribution in [3.05, 3.63) is 34.2 Å². The molecular formula is C30H48N4O11S. The molecule has 1 fully saturated rings. The van der Waals surface area contributed by atoms with Crippen molar-refractivity contribution in [3.63, 3.8) is 0 Å². The number of hydrogen-bond donors (Lipinski definition) is 6. The van der Waals surface area contributed by atoms with Crippen LogP contribution in [-0.2, 0) is 20.9 Å². The van der Waals surface area contributed by atoms with Gasteiger partial charge in [-0.2, -0.15) is 4.21 Å². The van der Waals surface area contributed by atoms with Crippen molar-refractivity contribution < 1.29 is 52.4 Å². The molecule has 0 radical (unpaired) electrons. The van der Waals surface area contributed by atoms with E-state index >= 15 is 0 Å². The molecule has 15 nitrogen and oxygen atoms in total. The number of rotatable bonds is 24. The zero-order valence-corrected chi connectivity index (χ0v) is 26.9. The van der Waals surface area contributed by atoms with Gasteiger partial charge in [-0.3, -0.25) is 9.35 Å². The van der Waals surface area contributed by atoms with Gasteiger partial charge in [-0.15, -0.1) is 0 Å². The predicted molar refractivity (Wildman–Crippen MR) is 168 cm³/mol. The van der Waals surface area contributed by atoms with Crippen molar-refractivity contribution in [2.24, 2.45) is 5.11 Å². The molecular weight excluding hydrogens is 624 g/mol. The minimum absolute atomic E-state index is 0.0963. The molecule has 1 amide bonds. The van der Waals surface area contributed by atoms with Crippen LogP contribution in [0.1, 0.15) is 107 Å². The molecule has 0 aliphatic carbocycles. The first-order valence-corrected chi connectivity index (χ1v) is 17.0. The fourth-order valence-electron chi connectivity index (χ4n) is 5.12. The molecule has 1 aromatic carbocycles. The summed E-state index contributed by atoms with van der Waals surface area (Å²) in [6.07, 6.45) is 7.94. The van der Waals surface area contributed by atoms with E-state index in [-0.39, 0.29) is 17.1 Å². The minimum atomic E-state index is -2.82. The summed E-state index contributed by atoms with van der Waals surface area (Å²) in [4.78, 5) is 26.8. The molecule has 16 heteroatoms. The van der Waals surface area contributed by atoms with Crippen molar-refractivity contribution in [2.75, 3.05) is 13.1 Å². The fourth-order valence-corrected chi connectivity index (χ4v) is 5.40. The quantitative estimate of drug-likeness (QED) is 0.0296. The SMILES string of the molecule is [N-]=[N+]=NCCCCCCCCCCCCCCCCCNC(=O)c1ccc(O[C@@H]2O[C@H](C(=O)O)[C@H](O)[C@H](O)[C@@H]2O)c(OS(=O)O)c1. The lowest BCUT2D eigenvalue weighted by Gasteiger charge is -2.38. The molecule has 260 valence electrons. The first kappa shape index (κ1) is 39.2. The number of carbonyl (C=O) groups is 2. The van der Waals surface area contributed by atoms with E-state index in [0.717, 1.165) is 44.6 Å². The summed E-state index contributed by atoms with van der Waals surface area (Å²) in [6.45, 7) is 1.04. The smallest absolute Gasteiger partial charge is 0.357 e. The summed E-state index contributed by atoms with van der Waals surface area (Å²) in [7, 11) is 0. The van der Waals surface area contributed by atoms with E-state index in [9.17, 15) is 38.8 Å². The van der Waals surface area contributed by atoms with Crippen LogP contribution in [0.2, 0.25) is 0 Å². The van der Waals surface area contributed by atoms with Gasteiger partial charge in [0.05, 0.1) is 0 Å². The average molecular weight is 673 g/mol. The number of carboxylic acids is 1. The molecule has 6 atom stereocenters. The van der Waals surface area contributed by atoms with Crippen molar-refractivity contribution in [3.8, 4) is 11.5 Å². The number of aliphatic carboxylic acids is 1. The predicted octanol–water partition coefficient (Wildman–Crippen LogP) is 4.36. The third kappa shape index (κ3) is 14.6. The maximum absolute atomic E-state index is 12.7. The largest absolute Gasteiger partial charge is 0.479 e. The standard InChI is InChI=1S/C30H48N4O11S/c31-34-33-19-15-13-11-9-7-5-3-1-2-4-6-8-10-12-14-18-32-28(38)21-16-17-22(23(20-21)45-46(41)42)43-30-26(37)24(35)25(36)27(44-30)29(39)40/h16-17,20,24-27,30,35-37H,1-15,18-19H2,(H,32,38)(H,39,40)(H,41,42)/t24-,25+,26-,27-,30+/m0/s1. The molecule has 46 heavy (non-hydrogen) atoms. The molecule has 1 saturated heterocycles. The number of hydrogen-bond acceptors (Lipinski definition) is 10. The van der Waals surface area contributed by atoms with Gasteiger partial charge in [-0.1, -0.05) is 88.6 Å². The lowest BCUT2D eigenvalue weighted by molar-refractivity contribution is -0.271. The number of benzene rings is 1. The zero-order chi connectivity index (χ0) is 33.7. The van der Waals surface area contributed by atoms with Crippen LogP contribution in [0.5, 0.6) is 11.5 Å². The molecule has 0 saturated carbocycles. The Kier molecular flexibility index (Phi) is 19.2. The molecule has 1 aliphatic rings. The van der Waals surface area contributed by atoms with E-state index in [1.54, 1.807) is 0 Å². The van der Waals surface area contributed by atoms with E-state index in [1.165, 1.54) is 69.9 Å². The maximum Gasteiger partial charge on any atom is 0.357 e. The van der Waals surface area contributed by atoms with E-state index in [0.29, 0.717) is 13.1 Å². The topological polar surface area (TPSA) is 241 Å². The minimum Gasteiger partial charge on any atom is -0.479 e. The Morgan fingerprint density at radius 3 is 1.91 bits per heavy atom. The van der Waals surface area contributed by atoms with Crippen LogP contribution >= 0.6 is 0 Å². The Morgan fingerprint density at radius 2 is 1.39 bits per heavy atom. The number of carboxylic acid groups (broad SMARTS) is 1. The normalized spacial score (nSPS) is 21.6. The molecule has 1 aromatic rings. The van der Waals surface area contributed by atoms with Crippen molar-refractivity contribution in [2.45, 2.75) is 127 Å². The number of nitrogens with one attached hydrogen (secondary N) is 1. The van der Waals surface area contributed by atoms with Gasteiger partial charge in [-0.25, -0.2) is 4.79 Å². The summed E-state index contributed by atoms with van der Waals surface area (Å²) in [5, 5.41) is 45.6. The summed E-state index contributed by atoms with van der Waals surface area (Å²) in [5.41, 5.74) is 8.34. The van der Waals surface area contributed by atoms with E-state index in [4.69, 9.17) is 19.2 Å². The van der Waals surface area contributed by atoms with Crippen LogP contribution in [0.25, 0.3) is 10.4 Å². The van der Waals surface area contributed by atoms with Gasteiger partial charge in [0.25, 0.3) is 5.91 Å². The van der Waals surface area contributed by atoms with Crippen LogP contribution in [-0.4, -0.2) is 84.9 Å². The highest BCUT2D eigenvalue weighted by Crippen LogP contribution is 2.33. The Bertz CT molecular complexity index is 1140. The van der Waals surface area contributed by atoms with Gasteiger partial charge < -0.3 is 39.4 Å². The van der Waals surface area contributed by atoms with Gasteiger partial charge >= 0.3 is 17.3 Å². The first-order valence-electron chi connectivity index (χ1n) is 16.0. The third-order valence-electron chi connectivity index (χ3n) is 7.71. The van der Waals surface area contributed by atoms with Crippen molar-refractivity contribution in [1.29, 1.82) is 0 Å². The highest BCUT2D eigenvalue weighted by atomic mass is 32.2. The maximum atomic E-state index is 12.7. The molecule has 1 heterocycles. The van der Waals surface area contributed by atoms with Gasteiger partial charge in [0.15, 0.2) is 17.6 Å². The molecule has 6 N–H and O–H groups in total. The highest BCUT2D eigenvalue weighted by molar-refractivity contribution is 7.74. The lowest BCUT2D eigenvalue weighted by Crippen LogP contribution is -2.61. The van der Waals surface area contributed by atoms with E-state index in [2.05, 4.69) is 15.3 Å². The van der Waals surface area contributed by atoms with Gasteiger partial charge in [0, 0.05) is 23.6 Å². The molecule has 0 aromatic heterocycles. The van der Waals surface area contributed by atoms with Crippen LogP contribution in [0.3, 0.4) is 0 Å². The van der Waals surface area contributed by atoms with Crippen LogP contribution in [0.4, 0.5) is 0 Å². The molecule has 2 rings (SSSR count). The number of ether oxygens (including phenoxy) is 2. The Balaban J connectivity index is 1.64. The number of carbonyl (C=O) groups excluding carboxylic acids is 1. The first-order chi connectivity index (χ1) is 22.1. The van der Waals surface area contributed by atoms with Crippen LogP contribution in [0, 0.1) is 0 Å². The highest BCUT2D eigenvalue weighted by Gasteiger charge is 2.48. The molecule has 0 bridgehead atoms. The van der Waals surface area contributed by atoms with Gasteiger partial charge in [0.1, 0.15) is 18.3 Å². The Labute approximate surface area is 271 Å². The van der Waals surface area contributed by atoms with E-state index < -0.39 is 53.9 Å². The molecule has 1 unspecified atom stereocenters.